The molecule has 7 heteroatoms. The number of fused-ring (bicyclic) bond motifs is 2. The standard InChI is InChI=1S/C21H22N6O/c1-13-11-28-21-19(13)20(25-12-26-21)27-5-4-18-15(10-27)6-14(8-24-18)16(7-22)9-23-17-2-3-17/h6-9,11-12,17H,2-5,10,22H2,1H3. The second kappa shape index (κ2) is 6.74. The van der Waals surface area contributed by atoms with E-state index in [1.807, 2.05) is 19.3 Å². The summed E-state index contributed by atoms with van der Waals surface area (Å²) in [5.74, 6) is 0.914. The summed E-state index contributed by atoms with van der Waals surface area (Å²) in [6, 6.07) is 2.64. The van der Waals surface area contributed by atoms with E-state index >= 15 is 0 Å². The predicted molar refractivity (Wildman–Crippen MR) is 109 cm³/mol. The molecule has 0 amide bonds. The molecule has 1 aliphatic carbocycles. The van der Waals surface area contributed by atoms with Crippen molar-refractivity contribution >= 4 is 28.7 Å². The molecule has 0 unspecified atom stereocenters. The van der Waals surface area contributed by atoms with Crippen molar-refractivity contribution < 1.29 is 4.42 Å². The molecule has 1 saturated carbocycles. The molecule has 0 bridgehead atoms. The van der Waals surface area contributed by atoms with E-state index in [-0.39, 0.29) is 0 Å². The van der Waals surface area contributed by atoms with E-state index in [1.54, 1.807) is 18.8 Å². The van der Waals surface area contributed by atoms with Crippen molar-refractivity contribution in [2.45, 2.75) is 38.8 Å². The lowest BCUT2D eigenvalue weighted by atomic mass is 10.0. The van der Waals surface area contributed by atoms with Crippen molar-refractivity contribution in [1.82, 2.24) is 15.0 Å². The first kappa shape index (κ1) is 16.9. The van der Waals surface area contributed by atoms with Crippen LogP contribution in [0.1, 0.15) is 35.2 Å². The SMILES string of the molecule is Cc1coc2ncnc(N3CCc4ncc(C(C=NC5CC5)=CN)cc4C3)c12. The van der Waals surface area contributed by atoms with Crippen molar-refractivity contribution in [3.05, 3.63) is 53.4 Å². The molecule has 1 fully saturated rings. The molecule has 0 aromatic carbocycles. The van der Waals surface area contributed by atoms with Crippen LogP contribution in [-0.4, -0.2) is 33.8 Å². The van der Waals surface area contributed by atoms with E-state index in [0.717, 1.165) is 53.1 Å². The molecule has 0 saturated heterocycles. The summed E-state index contributed by atoms with van der Waals surface area (Å²) in [6.07, 6.45) is 11.9. The summed E-state index contributed by atoms with van der Waals surface area (Å²) in [5, 5.41) is 0.981. The molecule has 142 valence electrons. The number of nitrogens with two attached hydrogens (primary N) is 1. The molecule has 3 aromatic rings. The van der Waals surface area contributed by atoms with Crippen molar-refractivity contribution in [1.29, 1.82) is 0 Å². The number of allylic oxidation sites excluding steroid dienone is 1. The van der Waals surface area contributed by atoms with Gasteiger partial charge in [-0.15, -0.1) is 0 Å². The number of furan rings is 1. The van der Waals surface area contributed by atoms with Gasteiger partial charge in [0, 0.05) is 60.5 Å². The average Bonchev–Trinajstić information content (AvgIpc) is 3.49. The maximum absolute atomic E-state index is 5.85. The largest absolute Gasteiger partial charge is 0.446 e. The molecule has 4 heterocycles. The van der Waals surface area contributed by atoms with Crippen LogP contribution in [0.2, 0.25) is 0 Å². The van der Waals surface area contributed by atoms with E-state index in [1.165, 1.54) is 18.4 Å². The highest BCUT2D eigenvalue weighted by Crippen LogP contribution is 2.31. The van der Waals surface area contributed by atoms with Crippen molar-refractivity contribution in [2.75, 3.05) is 11.4 Å². The van der Waals surface area contributed by atoms with Crippen molar-refractivity contribution in [3.8, 4) is 0 Å². The number of aliphatic imine (C=N–C) groups is 1. The third-order valence-electron chi connectivity index (χ3n) is 5.36. The maximum Gasteiger partial charge on any atom is 0.231 e. The van der Waals surface area contributed by atoms with Crippen LogP contribution < -0.4 is 10.6 Å². The normalized spacial score (nSPS) is 17.5. The highest BCUT2D eigenvalue weighted by molar-refractivity contribution is 6.09. The van der Waals surface area contributed by atoms with Gasteiger partial charge in [0.1, 0.15) is 12.1 Å². The Kier molecular flexibility index (Phi) is 4.07. The van der Waals surface area contributed by atoms with Crippen LogP contribution in [0.5, 0.6) is 0 Å². The van der Waals surface area contributed by atoms with E-state index in [9.17, 15) is 0 Å². The van der Waals surface area contributed by atoms with Crippen molar-refractivity contribution in [3.63, 3.8) is 0 Å². The lowest BCUT2D eigenvalue weighted by Gasteiger charge is -2.29. The number of pyridine rings is 1. The smallest absolute Gasteiger partial charge is 0.231 e. The highest BCUT2D eigenvalue weighted by atomic mass is 16.3. The average molecular weight is 374 g/mol. The number of nitrogens with zero attached hydrogens (tertiary/aromatic N) is 5. The van der Waals surface area contributed by atoms with Gasteiger partial charge in [0.2, 0.25) is 5.71 Å². The molecule has 1 aliphatic heterocycles. The Balaban J connectivity index is 1.47. The first-order valence-electron chi connectivity index (χ1n) is 9.60. The molecular weight excluding hydrogens is 352 g/mol. The number of anilines is 1. The van der Waals surface area contributed by atoms with Gasteiger partial charge in [-0.2, -0.15) is 0 Å². The van der Waals surface area contributed by atoms with Gasteiger partial charge in [0.15, 0.2) is 0 Å². The molecule has 7 nitrogen and oxygen atoms in total. The number of aryl methyl sites for hydroxylation is 1. The second-order valence-electron chi connectivity index (χ2n) is 7.43. The van der Waals surface area contributed by atoms with Gasteiger partial charge in [-0.05, 0) is 31.4 Å². The zero-order chi connectivity index (χ0) is 19.1. The van der Waals surface area contributed by atoms with Gasteiger partial charge in [0.25, 0.3) is 0 Å². The highest BCUT2D eigenvalue weighted by Gasteiger charge is 2.23. The van der Waals surface area contributed by atoms with Crippen LogP contribution in [0.15, 0.2) is 40.5 Å². The van der Waals surface area contributed by atoms with Crippen LogP contribution in [0, 0.1) is 6.92 Å². The summed E-state index contributed by atoms with van der Waals surface area (Å²) in [6.45, 7) is 3.62. The Morgan fingerprint density at radius 1 is 1.32 bits per heavy atom. The van der Waals surface area contributed by atoms with Crippen LogP contribution in [-0.2, 0) is 13.0 Å². The quantitative estimate of drug-likeness (QED) is 0.706. The minimum absolute atomic E-state index is 0.467. The fourth-order valence-electron chi connectivity index (χ4n) is 3.63. The van der Waals surface area contributed by atoms with Crippen LogP contribution >= 0.6 is 0 Å². The van der Waals surface area contributed by atoms with Gasteiger partial charge in [-0.25, -0.2) is 9.97 Å². The first-order chi connectivity index (χ1) is 13.7. The first-order valence-corrected chi connectivity index (χ1v) is 9.60. The summed E-state index contributed by atoms with van der Waals surface area (Å²) in [7, 11) is 0. The van der Waals surface area contributed by atoms with E-state index < -0.39 is 0 Å². The number of rotatable bonds is 4. The van der Waals surface area contributed by atoms with Gasteiger partial charge in [-0.1, -0.05) is 0 Å². The Morgan fingerprint density at radius 3 is 3.04 bits per heavy atom. The Labute approximate surface area is 163 Å². The van der Waals surface area contributed by atoms with Crippen LogP contribution in [0.3, 0.4) is 0 Å². The summed E-state index contributed by atoms with van der Waals surface area (Å²) in [4.78, 5) is 20.3. The third kappa shape index (κ3) is 3.02. The van der Waals surface area contributed by atoms with Crippen molar-refractivity contribution in [2.24, 2.45) is 10.7 Å². The van der Waals surface area contributed by atoms with Crippen LogP contribution in [0.25, 0.3) is 16.7 Å². The van der Waals surface area contributed by atoms with E-state index in [4.69, 9.17) is 15.1 Å². The minimum Gasteiger partial charge on any atom is -0.446 e. The van der Waals surface area contributed by atoms with Gasteiger partial charge < -0.3 is 15.1 Å². The summed E-state index contributed by atoms with van der Waals surface area (Å²) in [5.41, 5.74) is 11.8. The molecule has 0 atom stereocenters. The number of aromatic nitrogens is 3. The minimum atomic E-state index is 0.467. The third-order valence-corrected chi connectivity index (χ3v) is 5.36. The van der Waals surface area contributed by atoms with Gasteiger partial charge in [0.05, 0.1) is 17.7 Å². The zero-order valence-electron chi connectivity index (χ0n) is 15.8. The molecule has 0 spiro atoms. The summed E-state index contributed by atoms with van der Waals surface area (Å²) < 4.78 is 5.54. The number of hydrogen-bond acceptors (Lipinski definition) is 7. The predicted octanol–water partition coefficient (Wildman–Crippen LogP) is 3.02. The zero-order valence-corrected chi connectivity index (χ0v) is 15.8. The van der Waals surface area contributed by atoms with Crippen LogP contribution in [0.4, 0.5) is 5.82 Å². The molecular formula is C21H22N6O. The molecule has 2 N–H and O–H groups in total. The van der Waals surface area contributed by atoms with Gasteiger partial charge >= 0.3 is 0 Å². The molecule has 3 aromatic heterocycles. The molecule has 28 heavy (non-hydrogen) atoms. The van der Waals surface area contributed by atoms with E-state index in [2.05, 4.69) is 25.9 Å². The maximum atomic E-state index is 5.85. The molecule has 2 aliphatic rings. The Morgan fingerprint density at radius 2 is 2.21 bits per heavy atom. The lowest BCUT2D eigenvalue weighted by molar-refractivity contribution is 0.599. The monoisotopic (exact) mass is 374 g/mol. The number of hydrogen-bond donors (Lipinski definition) is 1. The topological polar surface area (TPSA) is 93.4 Å². The molecule has 0 radical (unpaired) electrons. The van der Waals surface area contributed by atoms with Gasteiger partial charge in [-0.3, -0.25) is 9.98 Å². The Bertz CT molecular complexity index is 1100. The second-order valence-corrected chi connectivity index (χ2v) is 7.43. The fourth-order valence-corrected chi connectivity index (χ4v) is 3.63. The lowest BCUT2D eigenvalue weighted by Crippen LogP contribution is -2.32. The van der Waals surface area contributed by atoms with E-state index in [0.29, 0.717) is 11.8 Å². The Hall–Kier alpha value is -3.22. The molecule has 5 rings (SSSR count). The fraction of sp³-hybridized carbons (Fsp3) is 0.333. The summed E-state index contributed by atoms with van der Waals surface area (Å²) >= 11 is 0.